The van der Waals surface area contributed by atoms with E-state index in [9.17, 15) is 23.3 Å². The van der Waals surface area contributed by atoms with Crippen LogP contribution in [-0.2, 0) is 6.18 Å². The molecule has 0 unspecified atom stereocenters. The van der Waals surface area contributed by atoms with Crippen LogP contribution in [-0.4, -0.2) is 33.1 Å². The topological polar surface area (TPSA) is 98.3 Å². The Labute approximate surface area is 131 Å². The Morgan fingerprint density at radius 1 is 1.52 bits per heavy atom. The number of nitrogens with one attached hydrogen (secondary N) is 1. The first-order valence-electron chi connectivity index (χ1n) is 5.85. The lowest BCUT2D eigenvalue weighted by atomic mass is 10.2. The van der Waals surface area contributed by atoms with Gasteiger partial charge in [0.2, 0.25) is 4.77 Å². The second kappa shape index (κ2) is 6.16. The van der Waals surface area contributed by atoms with Gasteiger partial charge in [-0.3, -0.25) is 10.1 Å². The molecule has 0 aliphatic heterocycles. The molecular weight excluding hydrogens is 339 g/mol. The molecule has 0 aliphatic rings. The Hall–Kier alpha value is -2.76. The van der Waals surface area contributed by atoms with Gasteiger partial charge >= 0.3 is 11.9 Å². The standard InChI is InChI=1S/C11H8F3N5O3S/c1-22-8-3-2-6(4-7(8)19(20)21)5-15-18-9(11(12,13)14)16-17-10(18)23/h2-5H,1H3,(H,17,23)/b15-5-. The molecule has 1 heterocycles. The van der Waals surface area contributed by atoms with Gasteiger partial charge in [-0.05, 0) is 24.4 Å². The van der Waals surface area contributed by atoms with Gasteiger partial charge in [0.25, 0.3) is 5.82 Å². The van der Waals surface area contributed by atoms with Crippen LogP contribution in [0, 0.1) is 14.9 Å². The van der Waals surface area contributed by atoms with Crippen molar-refractivity contribution in [1.82, 2.24) is 14.9 Å². The van der Waals surface area contributed by atoms with Crippen molar-refractivity contribution in [3.8, 4) is 5.75 Å². The van der Waals surface area contributed by atoms with Crippen LogP contribution in [0.1, 0.15) is 11.4 Å². The molecule has 0 spiro atoms. The Morgan fingerprint density at radius 2 is 2.22 bits per heavy atom. The smallest absolute Gasteiger partial charge is 0.453 e. The van der Waals surface area contributed by atoms with E-state index in [0.29, 0.717) is 4.68 Å². The largest absolute Gasteiger partial charge is 0.490 e. The first-order valence-corrected chi connectivity index (χ1v) is 6.26. The normalized spacial score (nSPS) is 11.8. The molecule has 1 aromatic carbocycles. The number of H-pyrrole nitrogens is 1. The molecule has 1 N–H and O–H groups in total. The summed E-state index contributed by atoms with van der Waals surface area (Å²) in [5.41, 5.74) is -0.156. The second-order valence-electron chi connectivity index (χ2n) is 4.09. The van der Waals surface area contributed by atoms with Gasteiger partial charge in [-0.25, -0.2) is 5.10 Å². The second-order valence-corrected chi connectivity index (χ2v) is 4.48. The van der Waals surface area contributed by atoms with Crippen molar-refractivity contribution in [2.45, 2.75) is 6.18 Å². The van der Waals surface area contributed by atoms with Crippen molar-refractivity contribution in [3.05, 3.63) is 44.5 Å². The number of nitro benzene ring substituents is 1. The molecule has 8 nitrogen and oxygen atoms in total. The average molecular weight is 347 g/mol. The Balaban J connectivity index is 2.42. The summed E-state index contributed by atoms with van der Waals surface area (Å²) in [4.78, 5) is 10.2. The number of hydrogen-bond acceptors (Lipinski definition) is 6. The third kappa shape index (κ3) is 3.53. The van der Waals surface area contributed by atoms with E-state index in [-0.39, 0.29) is 21.8 Å². The van der Waals surface area contributed by atoms with Gasteiger partial charge < -0.3 is 4.74 Å². The zero-order valence-corrected chi connectivity index (χ0v) is 12.2. The highest BCUT2D eigenvalue weighted by atomic mass is 32.1. The van der Waals surface area contributed by atoms with Crippen LogP contribution in [0.2, 0.25) is 0 Å². The zero-order valence-electron chi connectivity index (χ0n) is 11.4. The van der Waals surface area contributed by atoms with Crippen LogP contribution in [0.25, 0.3) is 0 Å². The number of benzene rings is 1. The third-order valence-corrected chi connectivity index (χ3v) is 2.89. The molecule has 122 valence electrons. The predicted octanol–water partition coefficient (Wildman–Crippen LogP) is 2.76. The van der Waals surface area contributed by atoms with Gasteiger partial charge in [0.15, 0.2) is 5.75 Å². The van der Waals surface area contributed by atoms with Crippen LogP contribution in [0.15, 0.2) is 23.3 Å². The molecule has 0 atom stereocenters. The van der Waals surface area contributed by atoms with E-state index >= 15 is 0 Å². The van der Waals surface area contributed by atoms with Gasteiger partial charge in [0, 0.05) is 11.6 Å². The van der Waals surface area contributed by atoms with Gasteiger partial charge in [0.05, 0.1) is 18.2 Å². The van der Waals surface area contributed by atoms with E-state index in [2.05, 4.69) is 22.4 Å². The maximum atomic E-state index is 12.7. The first-order chi connectivity index (χ1) is 10.7. The number of ether oxygens (including phenoxy) is 1. The molecule has 1 aromatic heterocycles. The van der Waals surface area contributed by atoms with Gasteiger partial charge in [-0.1, -0.05) is 0 Å². The minimum atomic E-state index is -4.75. The predicted molar refractivity (Wildman–Crippen MR) is 75.1 cm³/mol. The molecule has 0 radical (unpaired) electrons. The Morgan fingerprint density at radius 3 is 2.78 bits per heavy atom. The van der Waals surface area contributed by atoms with Gasteiger partial charge in [0.1, 0.15) is 0 Å². The maximum Gasteiger partial charge on any atom is 0.453 e. The molecule has 12 heteroatoms. The van der Waals surface area contributed by atoms with E-state index < -0.39 is 16.9 Å². The fourth-order valence-corrected chi connectivity index (χ4v) is 1.82. The molecule has 0 bridgehead atoms. The molecule has 23 heavy (non-hydrogen) atoms. The van der Waals surface area contributed by atoms with Crippen LogP contribution in [0.4, 0.5) is 18.9 Å². The number of methoxy groups -OCH3 is 1. The molecule has 2 aromatic rings. The SMILES string of the molecule is COc1ccc(/C=N\n2c(C(F)(F)F)n[nH]c2=S)cc1[N+](=O)[O-]. The third-order valence-electron chi connectivity index (χ3n) is 2.63. The monoisotopic (exact) mass is 347 g/mol. The van der Waals surface area contributed by atoms with E-state index in [1.54, 1.807) is 0 Å². The van der Waals surface area contributed by atoms with Crippen molar-refractivity contribution in [2.75, 3.05) is 7.11 Å². The average Bonchev–Trinajstić information content (AvgIpc) is 2.85. The highest BCUT2D eigenvalue weighted by Crippen LogP contribution is 2.28. The number of aromatic amines is 1. The van der Waals surface area contributed by atoms with E-state index in [4.69, 9.17) is 4.74 Å². The van der Waals surface area contributed by atoms with E-state index in [0.717, 1.165) is 12.3 Å². The molecular formula is C11H8F3N5O3S. The van der Waals surface area contributed by atoms with Crippen molar-refractivity contribution in [2.24, 2.45) is 5.10 Å². The summed E-state index contributed by atoms with van der Waals surface area (Å²) < 4.78 is 43.0. The Kier molecular flexibility index (Phi) is 4.45. The highest BCUT2D eigenvalue weighted by Gasteiger charge is 2.37. The number of aromatic nitrogens is 3. The highest BCUT2D eigenvalue weighted by molar-refractivity contribution is 7.71. The molecule has 2 rings (SSSR count). The lowest BCUT2D eigenvalue weighted by Gasteiger charge is -2.04. The lowest BCUT2D eigenvalue weighted by molar-refractivity contribution is -0.385. The summed E-state index contributed by atoms with van der Waals surface area (Å²) in [6, 6.07) is 3.81. The molecule has 0 fully saturated rings. The maximum absolute atomic E-state index is 12.7. The van der Waals surface area contributed by atoms with Crippen molar-refractivity contribution in [3.63, 3.8) is 0 Å². The molecule has 0 amide bonds. The lowest BCUT2D eigenvalue weighted by Crippen LogP contribution is -2.12. The number of halogens is 3. The van der Waals surface area contributed by atoms with Crippen LogP contribution >= 0.6 is 12.2 Å². The van der Waals surface area contributed by atoms with Gasteiger partial charge in [-0.15, -0.1) is 5.10 Å². The summed E-state index contributed by atoms with van der Waals surface area (Å²) >= 11 is 4.67. The summed E-state index contributed by atoms with van der Waals surface area (Å²) in [5, 5.41) is 19.5. The van der Waals surface area contributed by atoms with Crippen molar-refractivity contribution < 1.29 is 22.8 Å². The first kappa shape index (κ1) is 16.6. The number of alkyl halides is 3. The zero-order chi connectivity index (χ0) is 17.2. The van der Waals surface area contributed by atoms with Crippen molar-refractivity contribution >= 4 is 24.1 Å². The summed E-state index contributed by atoms with van der Waals surface area (Å²) in [7, 11) is 1.26. The number of nitrogens with zero attached hydrogens (tertiary/aromatic N) is 4. The van der Waals surface area contributed by atoms with Crippen molar-refractivity contribution in [1.29, 1.82) is 0 Å². The van der Waals surface area contributed by atoms with Crippen LogP contribution in [0.5, 0.6) is 5.75 Å². The summed E-state index contributed by atoms with van der Waals surface area (Å²) in [6.45, 7) is 0. The fraction of sp³-hybridized carbons (Fsp3) is 0.182. The summed E-state index contributed by atoms with van der Waals surface area (Å²) in [5.74, 6) is -1.31. The number of hydrogen-bond donors (Lipinski definition) is 1. The fourth-order valence-electron chi connectivity index (χ4n) is 1.64. The summed E-state index contributed by atoms with van der Waals surface area (Å²) in [6.07, 6.45) is -3.76. The quantitative estimate of drug-likeness (QED) is 0.397. The molecule has 0 saturated carbocycles. The van der Waals surface area contributed by atoms with Gasteiger partial charge in [-0.2, -0.15) is 22.9 Å². The van der Waals surface area contributed by atoms with Crippen LogP contribution in [0.3, 0.4) is 0 Å². The van der Waals surface area contributed by atoms with Crippen LogP contribution < -0.4 is 4.74 Å². The van der Waals surface area contributed by atoms with E-state index in [1.165, 1.54) is 19.2 Å². The number of rotatable bonds is 4. The molecule has 0 saturated heterocycles. The molecule has 0 aliphatic carbocycles. The van der Waals surface area contributed by atoms with E-state index in [1.807, 2.05) is 5.10 Å². The Bertz CT molecular complexity index is 827. The number of nitro groups is 1. The minimum absolute atomic E-state index is 0.0167. The minimum Gasteiger partial charge on any atom is -0.490 e.